The fourth-order valence-corrected chi connectivity index (χ4v) is 0.374. The molecule has 70 valence electrons. The summed E-state index contributed by atoms with van der Waals surface area (Å²) in [5, 5.41) is 17.4. The van der Waals surface area contributed by atoms with Crippen LogP contribution < -0.4 is 0 Å². The highest BCUT2D eigenvalue weighted by molar-refractivity contribution is 5.78. The van der Waals surface area contributed by atoms with E-state index in [4.69, 9.17) is 5.11 Å². The van der Waals surface area contributed by atoms with E-state index < -0.39 is 10.9 Å². The molecule has 0 spiro atoms. The Morgan fingerprint density at radius 3 is 2.46 bits per heavy atom. The molecule has 1 rings (SSSR count). The first kappa shape index (κ1) is 10.9. The van der Waals surface area contributed by atoms with Gasteiger partial charge >= 0.3 is 11.9 Å². The molecule has 0 aliphatic heterocycles. The molecule has 6 nitrogen and oxygen atoms in total. The van der Waals surface area contributed by atoms with E-state index in [0.717, 1.165) is 6.08 Å². The Morgan fingerprint density at radius 1 is 1.77 bits per heavy atom. The van der Waals surface area contributed by atoms with Crippen molar-refractivity contribution < 1.29 is 19.2 Å². The summed E-state index contributed by atoms with van der Waals surface area (Å²) in [6.45, 7) is 2.96. The van der Waals surface area contributed by atoms with E-state index in [0.29, 0.717) is 0 Å². The number of nitro groups is 1. The van der Waals surface area contributed by atoms with Crippen LogP contribution >= 0.6 is 0 Å². The van der Waals surface area contributed by atoms with Crippen LogP contribution in [0.4, 0.5) is 5.88 Å². The summed E-state index contributed by atoms with van der Waals surface area (Å²) in [5.74, 6) is -1.20. The van der Waals surface area contributed by atoms with Crippen molar-refractivity contribution in [1.82, 2.24) is 0 Å². The molecule has 0 unspecified atom stereocenters. The second-order valence-electron chi connectivity index (χ2n) is 1.75. The lowest BCUT2D eigenvalue weighted by Crippen LogP contribution is -1.82. The number of carbonyl (C=O) groups is 1. The van der Waals surface area contributed by atoms with Crippen LogP contribution in [0.25, 0.3) is 0 Å². The Kier molecular flexibility index (Phi) is 4.63. The first-order valence-electron chi connectivity index (χ1n) is 3.11. The van der Waals surface area contributed by atoms with E-state index in [9.17, 15) is 14.9 Å². The number of carboxylic acids is 1. The molecular weight excluding hydrogens is 178 g/mol. The van der Waals surface area contributed by atoms with Crippen molar-refractivity contribution in [2.24, 2.45) is 0 Å². The second-order valence-corrected chi connectivity index (χ2v) is 1.75. The van der Waals surface area contributed by atoms with Gasteiger partial charge in [0.15, 0.2) is 0 Å². The molecule has 0 saturated carbocycles. The lowest BCUT2D eigenvalue weighted by atomic mass is 10.6. The third kappa shape index (κ3) is 5.19. The molecule has 0 bridgehead atoms. The van der Waals surface area contributed by atoms with Gasteiger partial charge < -0.3 is 9.52 Å². The third-order valence-corrected chi connectivity index (χ3v) is 0.861. The van der Waals surface area contributed by atoms with Crippen molar-refractivity contribution in [3.8, 4) is 0 Å². The van der Waals surface area contributed by atoms with Crippen LogP contribution in [0.5, 0.6) is 0 Å². The lowest BCUT2D eigenvalue weighted by Gasteiger charge is -1.76. The minimum atomic E-state index is -0.981. The van der Waals surface area contributed by atoms with Gasteiger partial charge in [0.05, 0.1) is 12.3 Å². The molecule has 0 fully saturated rings. The average molecular weight is 185 g/mol. The molecule has 0 amide bonds. The van der Waals surface area contributed by atoms with Gasteiger partial charge in [-0.25, -0.2) is 4.79 Å². The molecule has 1 heterocycles. The number of furan rings is 1. The number of aliphatic carboxylic acids is 1. The summed E-state index contributed by atoms with van der Waals surface area (Å²) in [6.07, 6.45) is 2.10. The highest BCUT2D eigenvalue weighted by atomic mass is 16.6. The maximum atomic E-state index is 9.77. The quantitative estimate of drug-likeness (QED) is 0.427. The number of hydrogen-bond acceptors (Lipinski definition) is 4. The van der Waals surface area contributed by atoms with Crippen molar-refractivity contribution in [2.45, 2.75) is 0 Å². The number of carboxylic acid groups (broad SMARTS) is 1. The Labute approximate surface area is 73.2 Å². The molecule has 0 aliphatic rings. The zero-order valence-corrected chi connectivity index (χ0v) is 6.54. The van der Waals surface area contributed by atoms with Crippen LogP contribution in [0.15, 0.2) is 35.5 Å². The smallest absolute Gasteiger partial charge is 0.432 e. The summed E-state index contributed by atoms with van der Waals surface area (Å²) in [7, 11) is 0. The molecule has 1 N–H and O–H groups in total. The van der Waals surface area contributed by atoms with Crippen molar-refractivity contribution in [3.63, 3.8) is 0 Å². The fourth-order valence-electron chi connectivity index (χ4n) is 0.374. The predicted molar refractivity (Wildman–Crippen MR) is 43.2 cm³/mol. The van der Waals surface area contributed by atoms with Gasteiger partial charge in [0.2, 0.25) is 0 Å². The van der Waals surface area contributed by atoms with E-state index in [-0.39, 0.29) is 5.88 Å². The minimum Gasteiger partial charge on any atom is -0.478 e. The number of rotatable bonds is 2. The number of nitrogens with zero attached hydrogens (tertiary/aromatic N) is 1. The Balaban J connectivity index is 0.000000252. The summed E-state index contributed by atoms with van der Waals surface area (Å²) in [5.41, 5.74) is 0. The first-order chi connectivity index (χ1) is 6.07. The van der Waals surface area contributed by atoms with Crippen LogP contribution in [0.1, 0.15) is 0 Å². The van der Waals surface area contributed by atoms with Crippen LogP contribution in [-0.4, -0.2) is 16.0 Å². The second kappa shape index (κ2) is 5.53. The summed E-state index contributed by atoms with van der Waals surface area (Å²) in [4.78, 5) is 18.4. The van der Waals surface area contributed by atoms with Gasteiger partial charge in [-0.1, -0.05) is 6.58 Å². The van der Waals surface area contributed by atoms with Gasteiger partial charge in [0, 0.05) is 6.08 Å². The summed E-state index contributed by atoms with van der Waals surface area (Å²) < 4.78 is 4.40. The molecule has 1 aromatic rings. The predicted octanol–water partition coefficient (Wildman–Crippen LogP) is 1.44. The van der Waals surface area contributed by atoms with Gasteiger partial charge in [-0.15, -0.1) is 0 Å². The zero-order chi connectivity index (χ0) is 10.3. The average Bonchev–Trinajstić information content (AvgIpc) is 2.57. The lowest BCUT2D eigenvalue weighted by molar-refractivity contribution is -0.402. The van der Waals surface area contributed by atoms with Gasteiger partial charge in [0.25, 0.3) is 0 Å². The van der Waals surface area contributed by atoms with Gasteiger partial charge in [0.1, 0.15) is 4.92 Å². The Bertz CT molecular complexity index is 290. The largest absolute Gasteiger partial charge is 0.478 e. The molecule has 13 heavy (non-hydrogen) atoms. The van der Waals surface area contributed by atoms with Gasteiger partial charge in [-0.2, -0.15) is 0 Å². The van der Waals surface area contributed by atoms with Crippen molar-refractivity contribution in [3.05, 3.63) is 41.2 Å². The molecule has 0 saturated heterocycles. The van der Waals surface area contributed by atoms with Crippen LogP contribution in [0, 0.1) is 10.1 Å². The Morgan fingerprint density at radius 2 is 2.31 bits per heavy atom. The first-order valence-corrected chi connectivity index (χ1v) is 3.11. The molecule has 6 heteroatoms. The highest BCUT2D eigenvalue weighted by Gasteiger charge is 2.04. The van der Waals surface area contributed by atoms with Crippen LogP contribution in [-0.2, 0) is 4.79 Å². The maximum absolute atomic E-state index is 9.77. The monoisotopic (exact) mass is 185 g/mol. The molecule has 0 atom stereocenters. The maximum Gasteiger partial charge on any atom is 0.432 e. The van der Waals surface area contributed by atoms with Crippen molar-refractivity contribution in [1.29, 1.82) is 0 Å². The Hall–Kier alpha value is -2.11. The minimum absolute atomic E-state index is 0.218. The van der Waals surface area contributed by atoms with Crippen LogP contribution in [0.2, 0.25) is 0 Å². The SMILES string of the molecule is C=CC(=O)O.O=[N+]([O-])c1ccco1. The van der Waals surface area contributed by atoms with E-state index >= 15 is 0 Å². The van der Waals surface area contributed by atoms with Crippen LogP contribution in [0.3, 0.4) is 0 Å². The standard InChI is InChI=1S/C4H3NO3.C3H4O2/c6-5(7)4-2-1-3-8-4;1-2-3(4)5/h1-3H;2H,1H2,(H,4,5). The number of hydrogen-bond donors (Lipinski definition) is 1. The molecule has 0 aromatic carbocycles. The van der Waals surface area contributed by atoms with Gasteiger partial charge in [-0.3, -0.25) is 10.1 Å². The van der Waals surface area contributed by atoms with E-state index in [1.807, 2.05) is 0 Å². The molecule has 0 radical (unpaired) electrons. The normalized spacial score (nSPS) is 8.00. The highest BCUT2D eigenvalue weighted by Crippen LogP contribution is 2.08. The topological polar surface area (TPSA) is 93.6 Å². The summed E-state index contributed by atoms with van der Waals surface area (Å²) in [6, 6.07) is 2.76. The summed E-state index contributed by atoms with van der Waals surface area (Å²) >= 11 is 0. The molecular formula is C7H7NO5. The third-order valence-electron chi connectivity index (χ3n) is 0.861. The molecule has 1 aromatic heterocycles. The van der Waals surface area contributed by atoms with Gasteiger partial charge in [-0.05, 0) is 6.07 Å². The molecule has 0 aliphatic carbocycles. The van der Waals surface area contributed by atoms with E-state index in [2.05, 4.69) is 11.0 Å². The van der Waals surface area contributed by atoms with Crippen molar-refractivity contribution in [2.75, 3.05) is 0 Å². The van der Waals surface area contributed by atoms with Crippen molar-refractivity contribution >= 4 is 11.9 Å². The fraction of sp³-hybridized carbons (Fsp3) is 0. The van der Waals surface area contributed by atoms with E-state index in [1.165, 1.54) is 18.4 Å². The zero-order valence-electron chi connectivity index (χ0n) is 6.54. The van der Waals surface area contributed by atoms with E-state index in [1.54, 1.807) is 0 Å².